The number of carbonyl (C=O) groups is 1. The molecule has 0 aromatic heterocycles. The number of benzene rings is 2. The lowest BCUT2D eigenvalue weighted by Crippen LogP contribution is -2.29. The van der Waals surface area contributed by atoms with Crippen LogP contribution in [0.15, 0.2) is 48.6 Å². The first kappa shape index (κ1) is 17.5. The number of esters is 1. The molecule has 1 N–H and O–H groups in total. The van der Waals surface area contributed by atoms with Crippen LogP contribution in [0.3, 0.4) is 0 Å². The normalized spacial score (nSPS) is 22.5. The molecule has 1 aliphatic heterocycles. The summed E-state index contributed by atoms with van der Waals surface area (Å²) in [7, 11) is 1.36. The maximum Gasteiger partial charge on any atom is 0.337 e. The van der Waals surface area contributed by atoms with E-state index in [-0.39, 0.29) is 34.6 Å². The van der Waals surface area contributed by atoms with Gasteiger partial charge in [-0.05, 0) is 47.7 Å². The number of carbonyl (C=O) groups excluding carboxylic acids is 1. The van der Waals surface area contributed by atoms with Crippen molar-refractivity contribution in [2.24, 2.45) is 5.92 Å². The molecule has 4 rings (SSSR count). The fourth-order valence-corrected chi connectivity index (χ4v) is 4.22. The van der Waals surface area contributed by atoms with Gasteiger partial charge in [-0.2, -0.15) is 0 Å². The molecule has 2 aliphatic rings. The number of hydrogen-bond acceptors (Lipinski definition) is 5. The van der Waals surface area contributed by atoms with E-state index in [9.17, 15) is 14.9 Å². The van der Waals surface area contributed by atoms with Gasteiger partial charge in [-0.1, -0.05) is 29.8 Å². The van der Waals surface area contributed by atoms with Gasteiger partial charge in [0.25, 0.3) is 5.69 Å². The number of anilines is 1. The van der Waals surface area contributed by atoms with Crippen LogP contribution >= 0.6 is 11.6 Å². The van der Waals surface area contributed by atoms with E-state index in [1.807, 2.05) is 18.2 Å². The Hall–Kier alpha value is -2.86. The summed E-state index contributed by atoms with van der Waals surface area (Å²) in [5.74, 6) is -0.0384. The number of rotatable bonds is 3. The van der Waals surface area contributed by atoms with Crippen LogP contribution in [0.5, 0.6) is 0 Å². The van der Waals surface area contributed by atoms with Crippen LogP contribution in [0.1, 0.15) is 39.9 Å². The predicted molar refractivity (Wildman–Crippen MR) is 102 cm³/mol. The monoisotopic (exact) mass is 384 g/mol. The van der Waals surface area contributed by atoms with Gasteiger partial charge in [0.05, 0.1) is 23.6 Å². The van der Waals surface area contributed by atoms with E-state index in [0.717, 1.165) is 23.2 Å². The Balaban J connectivity index is 1.76. The van der Waals surface area contributed by atoms with Crippen molar-refractivity contribution in [1.82, 2.24) is 0 Å². The highest BCUT2D eigenvalue weighted by Gasteiger charge is 2.38. The highest BCUT2D eigenvalue weighted by atomic mass is 35.5. The summed E-state index contributed by atoms with van der Waals surface area (Å²) in [6.45, 7) is 0. The zero-order valence-corrected chi connectivity index (χ0v) is 15.3. The second-order valence-electron chi connectivity index (χ2n) is 6.74. The third kappa shape index (κ3) is 2.96. The molecule has 2 aromatic carbocycles. The summed E-state index contributed by atoms with van der Waals surface area (Å²) in [5, 5.41) is 14.9. The minimum Gasteiger partial charge on any atom is -0.465 e. The highest BCUT2D eigenvalue weighted by molar-refractivity contribution is 6.32. The lowest BCUT2D eigenvalue weighted by atomic mass is 9.76. The van der Waals surface area contributed by atoms with Crippen LogP contribution in [0, 0.1) is 16.0 Å². The number of ether oxygens (including phenoxy) is 1. The molecule has 0 spiro atoms. The second kappa shape index (κ2) is 6.70. The summed E-state index contributed by atoms with van der Waals surface area (Å²) in [5.41, 5.74) is 3.20. The van der Waals surface area contributed by atoms with Gasteiger partial charge in [-0.3, -0.25) is 10.1 Å². The Morgan fingerprint density at radius 1 is 1.30 bits per heavy atom. The largest absolute Gasteiger partial charge is 0.465 e. The molecule has 0 saturated carbocycles. The van der Waals surface area contributed by atoms with Gasteiger partial charge < -0.3 is 10.1 Å². The summed E-state index contributed by atoms with van der Waals surface area (Å²) in [4.78, 5) is 22.7. The third-order valence-corrected chi connectivity index (χ3v) is 5.63. The molecule has 138 valence electrons. The zero-order chi connectivity index (χ0) is 19.1. The Labute approximate surface area is 160 Å². The first-order chi connectivity index (χ1) is 13.0. The molecule has 7 heteroatoms. The summed E-state index contributed by atoms with van der Waals surface area (Å²) in [6, 6.07) is 10.3. The van der Waals surface area contributed by atoms with Crippen molar-refractivity contribution in [2.45, 2.75) is 18.4 Å². The molecule has 6 nitrogen and oxygen atoms in total. The van der Waals surface area contributed by atoms with E-state index in [1.165, 1.54) is 7.11 Å². The van der Waals surface area contributed by atoms with Crippen molar-refractivity contribution < 1.29 is 14.5 Å². The van der Waals surface area contributed by atoms with Crippen molar-refractivity contribution in [3.8, 4) is 0 Å². The number of methoxy groups -OCH3 is 1. The minimum atomic E-state index is -0.463. The first-order valence-corrected chi connectivity index (χ1v) is 8.96. The van der Waals surface area contributed by atoms with E-state index in [4.69, 9.17) is 16.3 Å². The predicted octanol–water partition coefficient (Wildman–Crippen LogP) is 4.86. The Bertz CT molecular complexity index is 972. The Morgan fingerprint density at radius 2 is 2.11 bits per heavy atom. The van der Waals surface area contributed by atoms with Gasteiger partial charge >= 0.3 is 5.97 Å². The van der Waals surface area contributed by atoms with E-state index in [2.05, 4.69) is 17.5 Å². The number of halogens is 1. The van der Waals surface area contributed by atoms with Crippen molar-refractivity contribution in [3.63, 3.8) is 0 Å². The number of hydrogen-bond donors (Lipinski definition) is 1. The van der Waals surface area contributed by atoms with Crippen LogP contribution in [0.2, 0.25) is 5.02 Å². The number of allylic oxidation sites excluding steroid dienone is 2. The Morgan fingerprint density at radius 3 is 2.85 bits per heavy atom. The zero-order valence-electron chi connectivity index (χ0n) is 14.5. The first-order valence-electron chi connectivity index (χ1n) is 8.59. The van der Waals surface area contributed by atoms with E-state index < -0.39 is 4.92 Å². The molecule has 0 fully saturated rings. The van der Waals surface area contributed by atoms with Gasteiger partial charge in [0, 0.05) is 17.7 Å². The fourth-order valence-electron chi connectivity index (χ4n) is 4.03. The number of nitrogens with one attached hydrogen (secondary N) is 1. The summed E-state index contributed by atoms with van der Waals surface area (Å²) < 4.78 is 4.82. The van der Waals surface area contributed by atoms with Crippen LogP contribution in [0.25, 0.3) is 0 Å². The number of fused-ring (bicyclic) bond motifs is 3. The average Bonchev–Trinajstić information content (AvgIpc) is 3.16. The minimum absolute atomic E-state index is 0.0857. The van der Waals surface area contributed by atoms with Crippen LogP contribution in [0.4, 0.5) is 11.4 Å². The highest BCUT2D eigenvalue weighted by Crippen LogP contribution is 2.50. The molecule has 27 heavy (non-hydrogen) atoms. The lowest BCUT2D eigenvalue weighted by molar-refractivity contribution is -0.384. The average molecular weight is 385 g/mol. The molecule has 0 bridgehead atoms. The molecular formula is C20H17ClN2O4. The molecule has 0 saturated heterocycles. The second-order valence-corrected chi connectivity index (χ2v) is 7.14. The van der Waals surface area contributed by atoms with Crippen molar-refractivity contribution in [2.75, 3.05) is 12.4 Å². The number of nitro benzene ring substituents is 1. The SMILES string of the molecule is COC(=O)c1ccc2c(c1)[C@@H]1C=CC[C@@H]1[C@H](c1ccc(Cl)c([N+](=O)[O-])c1)N2. The van der Waals surface area contributed by atoms with Crippen molar-refractivity contribution >= 4 is 28.9 Å². The summed E-state index contributed by atoms with van der Waals surface area (Å²) >= 11 is 5.97. The summed E-state index contributed by atoms with van der Waals surface area (Å²) in [6.07, 6.45) is 5.11. The molecule has 0 unspecified atom stereocenters. The molecule has 1 aliphatic carbocycles. The van der Waals surface area contributed by atoms with Gasteiger partial charge in [0.2, 0.25) is 0 Å². The van der Waals surface area contributed by atoms with Crippen LogP contribution < -0.4 is 5.32 Å². The van der Waals surface area contributed by atoms with Gasteiger partial charge in [0.1, 0.15) is 5.02 Å². The van der Waals surface area contributed by atoms with Gasteiger partial charge in [-0.15, -0.1) is 0 Å². The maximum atomic E-state index is 11.9. The molecule has 0 amide bonds. The van der Waals surface area contributed by atoms with E-state index in [0.29, 0.717) is 5.56 Å². The smallest absolute Gasteiger partial charge is 0.337 e. The molecule has 2 aromatic rings. The van der Waals surface area contributed by atoms with Gasteiger partial charge in [-0.25, -0.2) is 4.79 Å². The van der Waals surface area contributed by atoms with Crippen LogP contribution in [-0.2, 0) is 4.74 Å². The maximum absolute atomic E-state index is 11.9. The molecule has 3 atom stereocenters. The third-order valence-electron chi connectivity index (χ3n) is 5.31. The number of nitro groups is 1. The van der Waals surface area contributed by atoms with Gasteiger partial charge in [0.15, 0.2) is 0 Å². The van der Waals surface area contributed by atoms with Crippen LogP contribution in [-0.4, -0.2) is 18.0 Å². The lowest BCUT2D eigenvalue weighted by Gasteiger charge is -2.37. The van der Waals surface area contributed by atoms with Crippen molar-refractivity contribution in [3.05, 3.63) is 80.4 Å². The standard InChI is InChI=1S/C20H17ClN2O4/c1-27-20(24)12-6-8-17-15(9-12)13-3-2-4-14(13)19(22-17)11-5-7-16(21)18(10-11)23(25)26/h2-3,5-10,13-14,19,22H,4H2,1H3/t13-,14+,19+/m1/s1. The van der Waals surface area contributed by atoms with E-state index >= 15 is 0 Å². The molecule has 1 heterocycles. The quantitative estimate of drug-likeness (QED) is 0.353. The topological polar surface area (TPSA) is 81.5 Å². The molecule has 0 radical (unpaired) electrons. The van der Waals surface area contributed by atoms with E-state index in [1.54, 1.807) is 18.2 Å². The number of nitrogens with zero attached hydrogens (tertiary/aromatic N) is 1. The molecular weight excluding hydrogens is 368 g/mol. The Kier molecular flexibility index (Phi) is 4.36. The fraction of sp³-hybridized carbons (Fsp3) is 0.250. The van der Waals surface area contributed by atoms with Crippen molar-refractivity contribution in [1.29, 1.82) is 0 Å².